The van der Waals surface area contributed by atoms with Crippen molar-refractivity contribution < 1.29 is 14.7 Å². The van der Waals surface area contributed by atoms with Gasteiger partial charge in [-0.05, 0) is 0 Å². The van der Waals surface area contributed by atoms with Crippen LogP contribution < -0.4 is 5.73 Å². The van der Waals surface area contributed by atoms with Crippen LogP contribution in [0.2, 0.25) is 5.15 Å². The lowest BCUT2D eigenvalue weighted by Gasteiger charge is -1.99. The minimum atomic E-state index is -1.24. The number of aromatic carboxylic acids is 1. The summed E-state index contributed by atoms with van der Waals surface area (Å²) < 4.78 is 0. The monoisotopic (exact) mass is 215 g/mol. The van der Waals surface area contributed by atoms with Crippen LogP contribution in [0.4, 0.5) is 0 Å². The van der Waals surface area contributed by atoms with Gasteiger partial charge < -0.3 is 10.8 Å². The van der Waals surface area contributed by atoms with Crippen molar-refractivity contribution in [2.24, 2.45) is 5.73 Å². The summed E-state index contributed by atoms with van der Waals surface area (Å²) in [6, 6.07) is 1.09. The van der Waals surface area contributed by atoms with Crippen LogP contribution in [0.3, 0.4) is 0 Å². The molecule has 74 valence electrons. The number of nitrogens with zero attached hydrogens (tertiary/aromatic N) is 2. The Bertz CT molecular complexity index is 394. The Morgan fingerprint density at radius 2 is 2.14 bits per heavy atom. The number of hydrogen-bond acceptors (Lipinski definition) is 4. The van der Waals surface area contributed by atoms with Crippen molar-refractivity contribution in [1.29, 1.82) is 0 Å². The molecule has 0 fully saturated rings. The molecule has 0 radical (unpaired) electrons. The molecule has 0 atom stereocenters. The molecular weight excluding hydrogens is 210 g/mol. The van der Waals surface area contributed by atoms with Gasteiger partial charge in [0.25, 0.3) is 0 Å². The molecule has 1 heterocycles. The normalized spacial score (nSPS) is 9.79. The summed E-state index contributed by atoms with van der Waals surface area (Å²) in [6.07, 6.45) is -0.235. The van der Waals surface area contributed by atoms with Crippen LogP contribution in [0.15, 0.2) is 6.07 Å². The van der Waals surface area contributed by atoms with E-state index in [-0.39, 0.29) is 23.1 Å². The molecule has 1 rings (SSSR count). The van der Waals surface area contributed by atoms with Gasteiger partial charge in [-0.25, -0.2) is 14.8 Å². The quantitative estimate of drug-likeness (QED) is 0.683. The minimum absolute atomic E-state index is 0.00222. The van der Waals surface area contributed by atoms with E-state index in [1.807, 2.05) is 0 Å². The number of nitrogens with two attached hydrogens (primary N) is 1. The number of carbonyl (C=O) groups is 2. The van der Waals surface area contributed by atoms with Crippen LogP contribution in [0, 0.1) is 0 Å². The van der Waals surface area contributed by atoms with Gasteiger partial charge in [-0.1, -0.05) is 11.6 Å². The van der Waals surface area contributed by atoms with E-state index in [0.717, 1.165) is 6.07 Å². The van der Waals surface area contributed by atoms with Crippen LogP contribution >= 0.6 is 11.6 Å². The third-order valence-electron chi connectivity index (χ3n) is 1.29. The number of carboxylic acids is 1. The fourth-order valence-corrected chi connectivity index (χ4v) is 1.01. The second kappa shape index (κ2) is 4.01. The number of halogens is 1. The third kappa shape index (κ3) is 2.67. The number of primary amides is 1. The molecule has 1 aromatic rings. The lowest BCUT2D eigenvalue weighted by atomic mass is 10.3. The summed E-state index contributed by atoms with van der Waals surface area (Å²) in [4.78, 5) is 28.3. The lowest BCUT2D eigenvalue weighted by molar-refractivity contribution is -0.117. The molecule has 1 amide bonds. The molecule has 0 saturated carbocycles. The van der Waals surface area contributed by atoms with Crippen molar-refractivity contribution in [3.05, 3.63) is 22.7 Å². The zero-order chi connectivity index (χ0) is 10.7. The highest BCUT2D eigenvalue weighted by Crippen LogP contribution is 2.07. The summed E-state index contributed by atoms with van der Waals surface area (Å²) in [5, 5.41) is 8.57. The maximum Gasteiger partial charge on any atom is 0.354 e. The van der Waals surface area contributed by atoms with Crippen molar-refractivity contribution in [2.45, 2.75) is 6.42 Å². The Morgan fingerprint density at radius 3 is 2.64 bits per heavy atom. The molecule has 0 bridgehead atoms. The van der Waals surface area contributed by atoms with Crippen molar-refractivity contribution in [3.8, 4) is 0 Å². The molecule has 0 aliphatic carbocycles. The first-order valence-corrected chi connectivity index (χ1v) is 3.92. The van der Waals surface area contributed by atoms with E-state index in [0.29, 0.717) is 0 Å². The number of rotatable bonds is 3. The van der Waals surface area contributed by atoms with Gasteiger partial charge in [0.1, 0.15) is 11.0 Å². The third-order valence-corrected chi connectivity index (χ3v) is 1.49. The average Bonchev–Trinajstić information content (AvgIpc) is 2.01. The summed E-state index contributed by atoms with van der Waals surface area (Å²) in [5.41, 5.74) is 4.63. The van der Waals surface area contributed by atoms with E-state index in [2.05, 4.69) is 9.97 Å². The van der Waals surface area contributed by atoms with Gasteiger partial charge in [-0.3, -0.25) is 4.79 Å². The Labute approximate surface area is 83.7 Å². The van der Waals surface area contributed by atoms with Crippen LogP contribution in [0.1, 0.15) is 16.3 Å². The predicted octanol–water partition coefficient (Wildman–Crippen LogP) is -0.144. The van der Waals surface area contributed by atoms with Crippen molar-refractivity contribution in [1.82, 2.24) is 9.97 Å². The Balaban J connectivity index is 3.07. The number of amides is 1. The first-order chi connectivity index (χ1) is 6.49. The molecule has 0 aliphatic heterocycles. The van der Waals surface area contributed by atoms with Gasteiger partial charge in [0.2, 0.25) is 5.91 Å². The second-order valence-corrected chi connectivity index (χ2v) is 2.83. The molecule has 6 nitrogen and oxygen atoms in total. The highest BCUT2D eigenvalue weighted by atomic mass is 35.5. The van der Waals surface area contributed by atoms with Gasteiger partial charge in [0.15, 0.2) is 5.69 Å². The molecule has 7 heteroatoms. The first-order valence-electron chi connectivity index (χ1n) is 3.54. The van der Waals surface area contributed by atoms with Crippen molar-refractivity contribution in [3.63, 3.8) is 0 Å². The Kier molecular flexibility index (Phi) is 2.98. The summed E-state index contributed by atoms with van der Waals surface area (Å²) in [7, 11) is 0. The van der Waals surface area contributed by atoms with E-state index < -0.39 is 11.9 Å². The fourth-order valence-electron chi connectivity index (χ4n) is 0.809. The molecule has 0 saturated heterocycles. The van der Waals surface area contributed by atoms with Crippen LogP contribution in [0.5, 0.6) is 0 Å². The van der Waals surface area contributed by atoms with E-state index >= 15 is 0 Å². The number of carboxylic acid groups (broad SMARTS) is 1. The molecule has 14 heavy (non-hydrogen) atoms. The summed E-state index contributed by atoms with van der Waals surface area (Å²) >= 11 is 5.51. The Hall–Kier alpha value is -1.69. The summed E-state index contributed by atoms with van der Waals surface area (Å²) in [6.45, 7) is 0. The van der Waals surface area contributed by atoms with Gasteiger partial charge in [0.05, 0.1) is 6.42 Å². The number of aromatic nitrogens is 2. The highest BCUT2D eigenvalue weighted by molar-refractivity contribution is 6.29. The smallest absolute Gasteiger partial charge is 0.354 e. The van der Waals surface area contributed by atoms with Gasteiger partial charge in [-0.15, -0.1) is 0 Å². The zero-order valence-electron chi connectivity index (χ0n) is 6.90. The topological polar surface area (TPSA) is 106 Å². The second-order valence-electron chi connectivity index (χ2n) is 2.44. The van der Waals surface area contributed by atoms with E-state index in [1.165, 1.54) is 0 Å². The maximum absolute atomic E-state index is 10.5. The van der Waals surface area contributed by atoms with Crippen LogP contribution in [-0.2, 0) is 11.2 Å². The average molecular weight is 216 g/mol. The van der Waals surface area contributed by atoms with Gasteiger partial charge in [0, 0.05) is 6.07 Å². The Morgan fingerprint density at radius 1 is 1.50 bits per heavy atom. The molecule has 0 spiro atoms. The maximum atomic E-state index is 10.5. The van der Waals surface area contributed by atoms with E-state index in [1.54, 1.807) is 0 Å². The number of hydrogen-bond donors (Lipinski definition) is 2. The number of carbonyl (C=O) groups excluding carboxylic acids is 1. The molecule has 0 aliphatic rings. The van der Waals surface area contributed by atoms with Crippen LogP contribution in [0.25, 0.3) is 0 Å². The summed E-state index contributed by atoms with van der Waals surface area (Å²) in [5.74, 6) is -1.88. The molecule has 0 unspecified atom stereocenters. The molecule has 0 aromatic carbocycles. The standard InChI is InChI=1S/C7H6ClN3O3/c8-4-1-3(7(13)14)10-6(11-4)2-5(9)12/h1H,2H2,(H2,9,12)(H,13,14). The minimum Gasteiger partial charge on any atom is -0.477 e. The van der Waals surface area contributed by atoms with Crippen molar-refractivity contribution in [2.75, 3.05) is 0 Å². The highest BCUT2D eigenvalue weighted by Gasteiger charge is 2.10. The lowest BCUT2D eigenvalue weighted by Crippen LogP contribution is -2.17. The van der Waals surface area contributed by atoms with Crippen LogP contribution in [-0.4, -0.2) is 27.0 Å². The van der Waals surface area contributed by atoms with E-state index in [4.69, 9.17) is 22.4 Å². The molecule has 1 aromatic heterocycles. The van der Waals surface area contributed by atoms with Gasteiger partial charge in [-0.2, -0.15) is 0 Å². The first kappa shape index (κ1) is 10.4. The fraction of sp³-hybridized carbons (Fsp3) is 0.143. The van der Waals surface area contributed by atoms with Gasteiger partial charge >= 0.3 is 5.97 Å². The predicted molar refractivity (Wildman–Crippen MR) is 46.9 cm³/mol. The molecular formula is C7H6ClN3O3. The van der Waals surface area contributed by atoms with E-state index in [9.17, 15) is 9.59 Å². The SMILES string of the molecule is NC(=O)Cc1nc(Cl)cc(C(=O)O)n1. The largest absolute Gasteiger partial charge is 0.477 e. The van der Waals surface area contributed by atoms with Crippen molar-refractivity contribution >= 4 is 23.5 Å². The molecule has 3 N–H and O–H groups in total. The zero-order valence-corrected chi connectivity index (χ0v) is 7.65.